The van der Waals surface area contributed by atoms with E-state index in [1.54, 1.807) is 37.7 Å². The van der Waals surface area contributed by atoms with Gasteiger partial charge in [0, 0.05) is 38.0 Å². The number of methoxy groups -OCH3 is 2. The molecule has 2 N–H and O–H groups in total. The number of pyridine rings is 1. The van der Waals surface area contributed by atoms with Crippen molar-refractivity contribution in [3.63, 3.8) is 0 Å². The van der Waals surface area contributed by atoms with E-state index >= 15 is 0 Å². The SMILES string of the molecule is COc1ccc(OC)c(-c2cc(C(=O)NCCC(=O)NCc3ccncc3)no2)c1. The van der Waals surface area contributed by atoms with Crippen molar-refractivity contribution in [2.75, 3.05) is 20.8 Å². The van der Waals surface area contributed by atoms with Gasteiger partial charge >= 0.3 is 0 Å². The molecule has 9 nitrogen and oxygen atoms in total. The number of hydrogen-bond donors (Lipinski definition) is 2. The average Bonchev–Trinajstić information content (AvgIpc) is 3.28. The highest BCUT2D eigenvalue weighted by Gasteiger charge is 2.17. The number of carbonyl (C=O) groups is 2. The Bertz CT molecular complexity index is 1000. The molecule has 3 aromatic rings. The van der Waals surface area contributed by atoms with Crippen LogP contribution in [0.4, 0.5) is 0 Å². The summed E-state index contributed by atoms with van der Waals surface area (Å²) in [6.45, 7) is 0.579. The first-order chi connectivity index (χ1) is 14.6. The highest BCUT2D eigenvalue weighted by atomic mass is 16.5. The smallest absolute Gasteiger partial charge is 0.273 e. The summed E-state index contributed by atoms with van der Waals surface area (Å²) in [7, 11) is 3.09. The van der Waals surface area contributed by atoms with Gasteiger partial charge in [-0.15, -0.1) is 0 Å². The minimum Gasteiger partial charge on any atom is -0.497 e. The molecule has 2 heterocycles. The van der Waals surface area contributed by atoms with Crippen LogP contribution in [0.1, 0.15) is 22.5 Å². The summed E-state index contributed by atoms with van der Waals surface area (Å²) in [5.74, 6) is 0.935. The predicted molar refractivity (Wildman–Crippen MR) is 108 cm³/mol. The molecule has 0 unspecified atom stereocenters. The minimum absolute atomic E-state index is 0.104. The quantitative estimate of drug-likeness (QED) is 0.555. The number of hydrogen-bond acceptors (Lipinski definition) is 7. The first kappa shape index (κ1) is 20.8. The van der Waals surface area contributed by atoms with Crippen LogP contribution in [-0.2, 0) is 11.3 Å². The van der Waals surface area contributed by atoms with Crippen LogP contribution in [0.15, 0.2) is 53.3 Å². The standard InChI is InChI=1S/C21H22N4O5/c1-28-15-3-4-18(29-2)16(11-15)19-12-17(25-30-19)21(27)23-10-7-20(26)24-13-14-5-8-22-9-6-14/h3-6,8-9,11-12H,7,10,13H2,1-2H3,(H,23,27)(H,24,26). The first-order valence-electron chi connectivity index (χ1n) is 9.23. The molecule has 0 fully saturated rings. The molecule has 9 heteroatoms. The van der Waals surface area contributed by atoms with E-state index in [4.69, 9.17) is 14.0 Å². The zero-order valence-corrected chi connectivity index (χ0v) is 16.7. The molecule has 0 bridgehead atoms. The number of amides is 2. The lowest BCUT2D eigenvalue weighted by Gasteiger charge is -2.07. The summed E-state index contributed by atoms with van der Waals surface area (Å²) in [5, 5.41) is 9.25. The van der Waals surface area contributed by atoms with Crippen LogP contribution < -0.4 is 20.1 Å². The Morgan fingerprint density at radius 2 is 1.83 bits per heavy atom. The normalized spacial score (nSPS) is 10.3. The van der Waals surface area contributed by atoms with Crippen molar-refractivity contribution in [3.05, 3.63) is 60.0 Å². The molecule has 0 aliphatic heterocycles. The Kier molecular flexibility index (Phi) is 6.99. The van der Waals surface area contributed by atoms with Crippen LogP contribution in [0.2, 0.25) is 0 Å². The van der Waals surface area contributed by atoms with Gasteiger partial charge in [-0.05, 0) is 35.9 Å². The first-order valence-corrected chi connectivity index (χ1v) is 9.23. The molecule has 2 amide bonds. The molecule has 2 aromatic heterocycles. The second-order valence-corrected chi connectivity index (χ2v) is 6.28. The van der Waals surface area contributed by atoms with Crippen molar-refractivity contribution in [2.24, 2.45) is 0 Å². The Morgan fingerprint density at radius 3 is 2.57 bits per heavy atom. The number of ether oxygens (including phenoxy) is 2. The fourth-order valence-electron chi connectivity index (χ4n) is 2.69. The lowest BCUT2D eigenvalue weighted by Crippen LogP contribution is -2.30. The van der Waals surface area contributed by atoms with Gasteiger partial charge in [-0.2, -0.15) is 0 Å². The van der Waals surface area contributed by atoms with Gasteiger partial charge in [0.15, 0.2) is 11.5 Å². The largest absolute Gasteiger partial charge is 0.497 e. The van der Waals surface area contributed by atoms with E-state index in [1.807, 2.05) is 12.1 Å². The van der Waals surface area contributed by atoms with Crippen LogP contribution in [0, 0.1) is 0 Å². The van der Waals surface area contributed by atoms with Crippen LogP contribution in [-0.4, -0.2) is 42.7 Å². The zero-order valence-electron chi connectivity index (χ0n) is 16.7. The highest BCUT2D eigenvalue weighted by molar-refractivity contribution is 5.93. The van der Waals surface area contributed by atoms with Crippen LogP contribution in [0.3, 0.4) is 0 Å². The van der Waals surface area contributed by atoms with Crippen molar-refractivity contribution in [1.29, 1.82) is 0 Å². The Balaban J connectivity index is 1.52. The maximum absolute atomic E-state index is 12.3. The summed E-state index contributed by atoms with van der Waals surface area (Å²) in [5.41, 5.74) is 1.66. The summed E-state index contributed by atoms with van der Waals surface area (Å²) in [6.07, 6.45) is 3.47. The van der Waals surface area contributed by atoms with Crippen LogP contribution in [0.25, 0.3) is 11.3 Å². The van der Waals surface area contributed by atoms with E-state index in [1.165, 1.54) is 13.2 Å². The average molecular weight is 410 g/mol. The summed E-state index contributed by atoms with van der Waals surface area (Å²) in [4.78, 5) is 28.1. The van der Waals surface area contributed by atoms with Gasteiger partial charge in [-0.3, -0.25) is 14.6 Å². The van der Waals surface area contributed by atoms with Gasteiger partial charge in [0.25, 0.3) is 5.91 Å². The fraction of sp³-hybridized carbons (Fsp3) is 0.238. The maximum atomic E-state index is 12.3. The van der Waals surface area contributed by atoms with Gasteiger partial charge in [0.2, 0.25) is 5.91 Å². The van der Waals surface area contributed by atoms with Crippen molar-refractivity contribution in [2.45, 2.75) is 13.0 Å². The molecule has 3 rings (SSSR count). The molecule has 0 atom stereocenters. The second-order valence-electron chi connectivity index (χ2n) is 6.28. The molecule has 0 aliphatic carbocycles. The maximum Gasteiger partial charge on any atom is 0.273 e. The number of nitrogens with zero attached hydrogens (tertiary/aromatic N) is 2. The summed E-state index contributed by atoms with van der Waals surface area (Å²) < 4.78 is 15.8. The van der Waals surface area contributed by atoms with Crippen molar-refractivity contribution < 1.29 is 23.6 Å². The molecule has 0 aliphatic rings. The monoisotopic (exact) mass is 410 g/mol. The lowest BCUT2D eigenvalue weighted by atomic mass is 10.1. The van der Waals surface area contributed by atoms with E-state index in [2.05, 4.69) is 20.8 Å². The topological polar surface area (TPSA) is 116 Å². The van der Waals surface area contributed by atoms with Crippen molar-refractivity contribution >= 4 is 11.8 Å². The lowest BCUT2D eigenvalue weighted by molar-refractivity contribution is -0.121. The number of carbonyl (C=O) groups excluding carboxylic acids is 2. The predicted octanol–water partition coefficient (Wildman–Crippen LogP) is 2.19. The number of nitrogens with one attached hydrogen (secondary N) is 2. The van der Waals surface area contributed by atoms with E-state index in [-0.39, 0.29) is 24.6 Å². The zero-order chi connectivity index (χ0) is 21.3. The Labute approximate surface area is 173 Å². The van der Waals surface area contributed by atoms with Gasteiger partial charge < -0.3 is 24.6 Å². The van der Waals surface area contributed by atoms with Crippen LogP contribution >= 0.6 is 0 Å². The van der Waals surface area contributed by atoms with E-state index in [9.17, 15) is 9.59 Å². The third kappa shape index (κ3) is 5.34. The van der Waals surface area contributed by atoms with Crippen LogP contribution in [0.5, 0.6) is 11.5 Å². The van der Waals surface area contributed by atoms with E-state index in [0.29, 0.717) is 29.4 Å². The van der Waals surface area contributed by atoms with Gasteiger partial charge in [-0.1, -0.05) is 5.16 Å². The Morgan fingerprint density at radius 1 is 1.03 bits per heavy atom. The molecule has 30 heavy (non-hydrogen) atoms. The molecular weight excluding hydrogens is 388 g/mol. The van der Waals surface area contributed by atoms with E-state index < -0.39 is 5.91 Å². The summed E-state index contributed by atoms with van der Waals surface area (Å²) >= 11 is 0. The molecular formula is C21H22N4O5. The number of benzene rings is 1. The van der Waals surface area contributed by atoms with Gasteiger partial charge in [-0.25, -0.2) is 0 Å². The molecule has 0 saturated carbocycles. The highest BCUT2D eigenvalue weighted by Crippen LogP contribution is 2.33. The molecule has 1 aromatic carbocycles. The number of aromatic nitrogens is 2. The fourth-order valence-corrected chi connectivity index (χ4v) is 2.69. The van der Waals surface area contributed by atoms with E-state index in [0.717, 1.165) is 5.56 Å². The van der Waals surface area contributed by atoms with Gasteiger partial charge in [0.05, 0.1) is 19.8 Å². The third-order valence-electron chi connectivity index (χ3n) is 4.29. The minimum atomic E-state index is -0.436. The van der Waals surface area contributed by atoms with Crippen molar-refractivity contribution in [1.82, 2.24) is 20.8 Å². The van der Waals surface area contributed by atoms with Crippen molar-refractivity contribution in [3.8, 4) is 22.8 Å². The summed E-state index contributed by atoms with van der Waals surface area (Å²) in [6, 6.07) is 10.4. The number of rotatable bonds is 9. The Hall–Kier alpha value is -3.88. The molecule has 156 valence electrons. The van der Waals surface area contributed by atoms with Gasteiger partial charge in [0.1, 0.15) is 11.5 Å². The second kappa shape index (κ2) is 10.1. The third-order valence-corrected chi connectivity index (χ3v) is 4.29. The molecule has 0 radical (unpaired) electrons. The molecule has 0 spiro atoms. The molecule has 0 saturated heterocycles.